The van der Waals surface area contributed by atoms with Crippen molar-refractivity contribution in [1.82, 2.24) is 19.8 Å². The molecule has 1 amide bonds. The van der Waals surface area contributed by atoms with Crippen LogP contribution in [0.1, 0.15) is 73.0 Å². The van der Waals surface area contributed by atoms with E-state index in [0.717, 1.165) is 69.3 Å². The van der Waals surface area contributed by atoms with Crippen LogP contribution in [0, 0.1) is 12.8 Å². The van der Waals surface area contributed by atoms with Crippen molar-refractivity contribution in [2.24, 2.45) is 5.92 Å². The summed E-state index contributed by atoms with van der Waals surface area (Å²) in [5.41, 5.74) is 3.97. The molecule has 0 radical (unpaired) electrons. The molecule has 6 heteroatoms. The smallest absolute Gasteiger partial charge is 0.273 e. The summed E-state index contributed by atoms with van der Waals surface area (Å²) in [6.45, 7) is 6.35. The number of piperidine rings is 2. The van der Waals surface area contributed by atoms with Gasteiger partial charge in [-0.2, -0.15) is 0 Å². The minimum absolute atomic E-state index is 0.00925. The van der Waals surface area contributed by atoms with Crippen molar-refractivity contribution in [2.75, 3.05) is 20.1 Å². The first-order valence-electron chi connectivity index (χ1n) is 13.2. The largest absolute Gasteiger partial charge is 0.464 e. The van der Waals surface area contributed by atoms with Gasteiger partial charge in [0.05, 0.1) is 12.0 Å². The van der Waals surface area contributed by atoms with Crippen LogP contribution >= 0.6 is 0 Å². The standard InChI is InChI=1S/C29H36N4O2/c1-19-30-25(18-27(31-19)29(2)10-12-32(3)13-11-29)28(34)33-22-7-8-23(33)17-20(16-22)15-21-5-4-6-26-24(21)9-14-35-26/h4-6,9,14,18,20,22-23H,7-8,10-13,15-17H2,1-3H3. The van der Waals surface area contributed by atoms with E-state index in [1.54, 1.807) is 6.26 Å². The zero-order chi connectivity index (χ0) is 24.2. The van der Waals surface area contributed by atoms with Crippen molar-refractivity contribution in [3.05, 3.63) is 59.4 Å². The summed E-state index contributed by atoms with van der Waals surface area (Å²) in [7, 11) is 2.18. The zero-order valence-corrected chi connectivity index (χ0v) is 21.2. The van der Waals surface area contributed by atoms with Crippen LogP contribution in [0.3, 0.4) is 0 Å². The predicted molar refractivity (Wildman–Crippen MR) is 136 cm³/mol. The van der Waals surface area contributed by atoms with Gasteiger partial charge in [0, 0.05) is 22.9 Å². The first-order valence-corrected chi connectivity index (χ1v) is 13.2. The number of hydrogen-bond acceptors (Lipinski definition) is 5. The Hall–Kier alpha value is -2.73. The summed E-state index contributed by atoms with van der Waals surface area (Å²) in [6, 6.07) is 11.1. The van der Waals surface area contributed by atoms with Crippen LogP contribution in [-0.4, -0.2) is 57.9 Å². The van der Waals surface area contributed by atoms with E-state index in [4.69, 9.17) is 9.40 Å². The topological polar surface area (TPSA) is 62.5 Å². The highest BCUT2D eigenvalue weighted by atomic mass is 16.3. The lowest BCUT2D eigenvalue weighted by Gasteiger charge is -2.39. The van der Waals surface area contributed by atoms with Crippen molar-refractivity contribution in [1.29, 1.82) is 0 Å². The maximum absolute atomic E-state index is 13.8. The second-order valence-electron chi connectivity index (χ2n) is 11.4. The number of aromatic nitrogens is 2. The van der Waals surface area contributed by atoms with Gasteiger partial charge in [0.1, 0.15) is 17.1 Å². The molecule has 6 nitrogen and oxygen atoms in total. The first-order chi connectivity index (χ1) is 16.9. The normalized spacial score (nSPS) is 26.4. The minimum atomic E-state index is 0.00925. The summed E-state index contributed by atoms with van der Waals surface area (Å²) in [5, 5.41) is 1.23. The van der Waals surface area contributed by atoms with Gasteiger partial charge in [-0.25, -0.2) is 9.97 Å². The molecule has 1 aromatic carbocycles. The first kappa shape index (κ1) is 22.7. The second-order valence-corrected chi connectivity index (χ2v) is 11.4. The van der Waals surface area contributed by atoms with Crippen LogP contribution in [0.15, 0.2) is 41.0 Å². The molecule has 0 aliphatic carbocycles. The molecule has 3 aliphatic heterocycles. The highest BCUT2D eigenvalue weighted by Gasteiger charge is 2.44. The Kier molecular flexibility index (Phi) is 5.67. The number of hydrogen-bond donors (Lipinski definition) is 0. The second kappa shape index (κ2) is 8.74. The summed E-state index contributed by atoms with van der Waals surface area (Å²) in [6.07, 6.45) is 9.29. The molecule has 0 N–H and O–H groups in total. The summed E-state index contributed by atoms with van der Waals surface area (Å²) in [5.74, 6) is 1.41. The average molecular weight is 473 g/mol. The quantitative estimate of drug-likeness (QED) is 0.526. The molecule has 3 fully saturated rings. The summed E-state index contributed by atoms with van der Waals surface area (Å²) >= 11 is 0. The van der Waals surface area contributed by atoms with E-state index in [-0.39, 0.29) is 11.3 Å². The summed E-state index contributed by atoms with van der Waals surface area (Å²) < 4.78 is 5.61. The molecular formula is C29H36N4O2. The number of amides is 1. The molecule has 2 aromatic heterocycles. The molecule has 184 valence electrons. The lowest BCUT2D eigenvalue weighted by atomic mass is 9.77. The maximum atomic E-state index is 13.8. The lowest BCUT2D eigenvalue weighted by molar-refractivity contribution is 0.0518. The Labute approximate surface area is 207 Å². The molecule has 2 unspecified atom stereocenters. The molecule has 2 atom stereocenters. The molecule has 2 bridgehead atoms. The van der Waals surface area contributed by atoms with Crippen LogP contribution < -0.4 is 0 Å². The van der Waals surface area contributed by atoms with Crippen molar-refractivity contribution in [2.45, 2.75) is 76.3 Å². The van der Waals surface area contributed by atoms with Gasteiger partial charge in [-0.15, -0.1) is 0 Å². The molecule has 0 spiro atoms. The molecule has 3 aliphatic rings. The molecule has 5 heterocycles. The number of carbonyl (C=O) groups excluding carboxylic acids is 1. The Morgan fingerprint density at radius 2 is 1.86 bits per heavy atom. The number of nitrogens with zero attached hydrogens (tertiary/aromatic N) is 4. The number of furan rings is 1. The average Bonchev–Trinajstić information content (AvgIpc) is 3.43. The van der Waals surface area contributed by atoms with Gasteiger partial charge in [0.25, 0.3) is 5.91 Å². The summed E-state index contributed by atoms with van der Waals surface area (Å²) in [4.78, 5) is 27.8. The van der Waals surface area contributed by atoms with Gasteiger partial charge in [0.15, 0.2) is 0 Å². The molecule has 6 rings (SSSR count). The van der Waals surface area contributed by atoms with Crippen LogP contribution in [0.4, 0.5) is 0 Å². The number of fused-ring (bicyclic) bond motifs is 3. The highest BCUT2D eigenvalue weighted by Crippen LogP contribution is 2.41. The number of benzene rings is 1. The highest BCUT2D eigenvalue weighted by molar-refractivity contribution is 5.93. The van der Waals surface area contributed by atoms with Crippen LogP contribution in [0.2, 0.25) is 0 Å². The molecule has 3 saturated heterocycles. The van der Waals surface area contributed by atoms with E-state index in [2.05, 4.69) is 47.0 Å². The molecule has 35 heavy (non-hydrogen) atoms. The fourth-order valence-corrected chi connectivity index (χ4v) is 6.82. The molecule has 3 aromatic rings. The van der Waals surface area contributed by atoms with Gasteiger partial charge < -0.3 is 14.2 Å². The van der Waals surface area contributed by atoms with Gasteiger partial charge in [-0.1, -0.05) is 19.1 Å². The fraction of sp³-hybridized carbons (Fsp3) is 0.552. The van der Waals surface area contributed by atoms with Crippen molar-refractivity contribution in [3.63, 3.8) is 0 Å². The third-order valence-corrected chi connectivity index (χ3v) is 8.93. The van der Waals surface area contributed by atoms with Gasteiger partial charge in [0.2, 0.25) is 0 Å². The third kappa shape index (κ3) is 4.16. The number of carbonyl (C=O) groups is 1. The van der Waals surface area contributed by atoms with Crippen LogP contribution in [0.25, 0.3) is 11.0 Å². The predicted octanol–water partition coefficient (Wildman–Crippen LogP) is 5.14. The van der Waals surface area contributed by atoms with Crippen LogP contribution in [0.5, 0.6) is 0 Å². The van der Waals surface area contributed by atoms with E-state index >= 15 is 0 Å². The minimum Gasteiger partial charge on any atom is -0.464 e. The maximum Gasteiger partial charge on any atom is 0.273 e. The number of rotatable bonds is 4. The number of likely N-dealkylation sites (tertiary alicyclic amines) is 1. The SMILES string of the molecule is Cc1nc(C(=O)N2C3CCC2CC(Cc2cccc4occc24)C3)cc(C2(C)CCN(C)CC2)n1. The van der Waals surface area contributed by atoms with Gasteiger partial charge in [-0.3, -0.25) is 4.79 Å². The van der Waals surface area contributed by atoms with Gasteiger partial charge in [-0.05, 0) is 102 Å². The zero-order valence-electron chi connectivity index (χ0n) is 21.2. The van der Waals surface area contributed by atoms with Gasteiger partial charge >= 0.3 is 0 Å². The molecule has 0 saturated carbocycles. The van der Waals surface area contributed by atoms with E-state index in [9.17, 15) is 4.79 Å². The van der Waals surface area contributed by atoms with E-state index in [1.807, 2.05) is 19.1 Å². The monoisotopic (exact) mass is 472 g/mol. The van der Waals surface area contributed by atoms with E-state index in [0.29, 0.717) is 29.5 Å². The lowest BCUT2D eigenvalue weighted by Crippen LogP contribution is -2.47. The van der Waals surface area contributed by atoms with Crippen molar-refractivity contribution >= 4 is 16.9 Å². The fourth-order valence-electron chi connectivity index (χ4n) is 6.82. The van der Waals surface area contributed by atoms with Crippen LogP contribution in [-0.2, 0) is 11.8 Å². The third-order valence-electron chi connectivity index (χ3n) is 8.93. The Morgan fingerprint density at radius 3 is 2.60 bits per heavy atom. The van der Waals surface area contributed by atoms with E-state index in [1.165, 1.54) is 10.9 Å². The Morgan fingerprint density at radius 1 is 1.11 bits per heavy atom. The van der Waals surface area contributed by atoms with Crippen molar-refractivity contribution < 1.29 is 9.21 Å². The number of aryl methyl sites for hydroxylation is 1. The Bertz CT molecular complexity index is 1230. The van der Waals surface area contributed by atoms with E-state index < -0.39 is 0 Å². The van der Waals surface area contributed by atoms with Crippen molar-refractivity contribution in [3.8, 4) is 0 Å². The molecular weight excluding hydrogens is 436 g/mol. The Balaban J connectivity index is 1.20.